The van der Waals surface area contributed by atoms with Crippen LogP contribution in [0.1, 0.15) is 38.1 Å². The zero-order chi connectivity index (χ0) is 24.8. The highest BCUT2D eigenvalue weighted by Gasteiger charge is 2.27. The van der Waals surface area contributed by atoms with Crippen LogP contribution in [0.15, 0.2) is 66.1 Å². The maximum atomic E-state index is 13.5. The zero-order valence-electron chi connectivity index (χ0n) is 19.3. The number of nitrogens with zero attached hydrogens (tertiary/aromatic N) is 2. The van der Waals surface area contributed by atoms with Gasteiger partial charge >= 0.3 is 0 Å². The molecule has 33 heavy (non-hydrogen) atoms. The van der Waals surface area contributed by atoms with Gasteiger partial charge in [-0.25, -0.2) is 8.42 Å². The highest BCUT2D eigenvalue weighted by atomic mass is 35.5. The van der Waals surface area contributed by atoms with E-state index in [2.05, 4.69) is 11.9 Å². The van der Waals surface area contributed by atoms with Crippen molar-refractivity contribution in [3.05, 3.63) is 71.8 Å². The van der Waals surface area contributed by atoms with E-state index in [1.165, 1.54) is 35.2 Å². The van der Waals surface area contributed by atoms with Crippen LogP contribution in [0.3, 0.4) is 0 Å². The third kappa shape index (κ3) is 6.82. The smallest absolute Gasteiger partial charge is 0.264 e. The first-order valence-corrected chi connectivity index (χ1v) is 12.3. The number of hydrogen-bond acceptors (Lipinski definition) is 4. The average Bonchev–Trinajstić information content (AvgIpc) is 2.74. The summed E-state index contributed by atoms with van der Waals surface area (Å²) in [4.78, 5) is 26.7. The van der Waals surface area contributed by atoms with Crippen molar-refractivity contribution in [1.82, 2.24) is 10.2 Å². The van der Waals surface area contributed by atoms with Gasteiger partial charge in [-0.05, 0) is 58.0 Å². The third-order valence-corrected chi connectivity index (χ3v) is 6.70. The van der Waals surface area contributed by atoms with E-state index in [1.54, 1.807) is 31.2 Å². The lowest BCUT2D eigenvalue weighted by Gasteiger charge is -2.26. The molecule has 9 heteroatoms. The number of benzene rings is 2. The molecule has 0 aliphatic carbocycles. The number of carbonyl (C=O) groups is 2. The topological polar surface area (TPSA) is 86.8 Å². The van der Waals surface area contributed by atoms with E-state index >= 15 is 0 Å². The van der Waals surface area contributed by atoms with Crippen molar-refractivity contribution in [2.75, 3.05) is 23.9 Å². The van der Waals surface area contributed by atoms with Gasteiger partial charge in [-0.2, -0.15) is 0 Å². The van der Waals surface area contributed by atoms with E-state index in [0.29, 0.717) is 5.69 Å². The first kappa shape index (κ1) is 26.4. The molecular formula is C24H30ClN3O4S. The Morgan fingerprint density at radius 3 is 2.36 bits per heavy atom. The van der Waals surface area contributed by atoms with Crippen molar-refractivity contribution >= 4 is 39.1 Å². The molecule has 0 spiro atoms. The summed E-state index contributed by atoms with van der Waals surface area (Å²) in [6, 6.07) is 12.4. The molecule has 0 heterocycles. The Morgan fingerprint density at radius 1 is 1.12 bits per heavy atom. The maximum Gasteiger partial charge on any atom is 0.264 e. The van der Waals surface area contributed by atoms with E-state index < -0.39 is 21.5 Å². The molecule has 1 N–H and O–H groups in total. The van der Waals surface area contributed by atoms with Crippen LogP contribution < -0.4 is 9.62 Å². The average molecular weight is 492 g/mol. The first-order chi connectivity index (χ1) is 15.4. The minimum atomic E-state index is -4.05. The number of nitrogens with one attached hydrogen (secondary N) is 1. The van der Waals surface area contributed by atoms with Crippen LogP contribution in [0.2, 0.25) is 5.02 Å². The molecule has 0 radical (unpaired) electrons. The second-order valence-corrected chi connectivity index (χ2v) is 10.7. The summed E-state index contributed by atoms with van der Waals surface area (Å²) >= 11 is 6.25. The van der Waals surface area contributed by atoms with Gasteiger partial charge in [0.25, 0.3) is 15.9 Å². The third-order valence-electron chi connectivity index (χ3n) is 4.60. The molecule has 0 atom stereocenters. The number of sulfonamides is 1. The lowest BCUT2D eigenvalue weighted by molar-refractivity contribution is -0.123. The van der Waals surface area contributed by atoms with Gasteiger partial charge in [-0.15, -0.1) is 6.58 Å². The molecule has 2 amide bonds. The zero-order valence-corrected chi connectivity index (χ0v) is 20.9. The van der Waals surface area contributed by atoms with Gasteiger partial charge in [0.05, 0.1) is 28.7 Å². The Morgan fingerprint density at radius 2 is 1.79 bits per heavy atom. The second kappa shape index (κ2) is 10.9. The van der Waals surface area contributed by atoms with E-state index in [9.17, 15) is 18.0 Å². The molecule has 0 bridgehead atoms. The minimum absolute atomic E-state index is 0.00169. The number of likely N-dealkylation sites (N-methyl/N-ethyl adjacent to an activating group) is 1. The van der Waals surface area contributed by atoms with Crippen LogP contribution in [0.5, 0.6) is 0 Å². The van der Waals surface area contributed by atoms with Crippen LogP contribution in [0, 0.1) is 0 Å². The SMILES string of the molecule is C=CCN(c1ccccc1Cl)S(=O)(=O)c1cccc(C(=O)N(CC)CC(=O)NC(C)(C)C)c1. The van der Waals surface area contributed by atoms with Gasteiger partial charge in [-0.1, -0.05) is 35.9 Å². The number of anilines is 1. The van der Waals surface area contributed by atoms with Gasteiger partial charge in [0.15, 0.2) is 0 Å². The van der Waals surface area contributed by atoms with Gasteiger partial charge in [0.2, 0.25) is 5.91 Å². The standard InChI is InChI=1S/C24H30ClN3O4S/c1-6-15-28(21-14-9-8-13-20(21)25)33(31,32)19-12-10-11-18(16-19)23(30)27(7-2)17-22(29)26-24(3,4)5/h6,8-14,16H,1,7,15,17H2,2-5H3,(H,26,29). The van der Waals surface area contributed by atoms with Gasteiger partial charge in [0.1, 0.15) is 0 Å². The van der Waals surface area contributed by atoms with E-state index in [4.69, 9.17) is 11.6 Å². The molecular weight excluding hydrogens is 462 g/mol. The summed E-state index contributed by atoms with van der Waals surface area (Å²) in [5.41, 5.74) is 0.0462. The molecule has 0 aliphatic heterocycles. The van der Waals surface area contributed by atoms with E-state index in [1.807, 2.05) is 20.8 Å². The predicted molar refractivity (Wildman–Crippen MR) is 132 cm³/mol. The largest absolute Gasteiger partial charge is 0.350 e. The van der Waals surface area contributed by atoms with Crippen LogP contribution in [0.4, 0.5) is 5.69 Å². The number of amides is 2. The normalized spacial score (nSPS) is 11.5. The summed E-state index contributed by atoms with van der Waals surface area (Å²) in [5.74, 6) is -0.732. The molecule has 0 saturated carbocycles. The molecule has 0 unspecified atom stereocenters. The van der Waals surface area contributed by atoms with Crippen molar-refractivity contribution in [2.45, 2.75) is 38.1 Å². The van der Waals surface area contributed by atoms with Gasteiger partial charge in [-0.3, -0.25) is 13.9 Å². The number of para-hydroxylation sites is 1. The van der Waals surface area contributed by atoms with Crippen molar-refractivity contribution in [2.24, 2.45) is 0 Å². The van der Waals surface area contributed by atoms with E-state index in [-0.39, 0.29) is 41.0 Å². The number of halogens is 1. The first-order valence-electron chi connectivity index (χ1n) is 10.5. The lowest BCUT2D eigenvalue weighted by atomic mass is 10.1. The van der Waals surface area contributed by atoms with Crippen molar-refractivity contribution in [3.8, 4) is 0 Å². The maximum absolute atomic E-state index is 13.5. The second-order valence-electron chi connectivity index (χ2n) is 8.42. The fourth-order valence-electron chi connectivity index (χ4n) is 3.15. The molecule has 2 aromatic carbocycles. The Kier molecular flexibility index (Phi) is 8.69. The monoisotopic (exact) mass is 491 g/mol. The van der Waals surface area contributed by atoms with Crippen LogP contribution in [-0.4, -0.2) is 50.3 Å². The summed E-state index contributed by atoms with van der Waals surface area (Å²) < 4.78 is 28.0. The Balaban J connectivity index is 2.38. The van der Waals surface area contributed by atoms with E-state index in [0.717, 1.165) is 4.31 Å². The van der Waals surface area contributed by atoms with Gasteiger partial charge < -0.3 is 10.2 Å². The van der Waals surface area contributed by atoms with Crippen LogP contribution in [-0.2, 0) is 14.8 Å². The molecule has 2 aromatic rings. The number of rotatable bonds is 9. The minimum Gasteiger partial charge on any atom is -0.350 e. The Bertz CT molecular complexity index is 1130. The van der Waals surface area contributed by atoms with Crippen molar-refractivity contribution in [1.29, 1.82) is 0 Å². The fourth-order valence-corrected chi connectivity index (χ4v) is 4.94. The molecule has 2 rings (SSSR count). The Labute approximate surface area is 201 Å². The molecule has 0 fully saturated rings. The number of hydrogen-bond donors (Lipinski definition) is 1. The summed E-state index contributed by atoms with van der Waals surface area (Å²) in [5, 5.41) is 3.10. The fraction of sp³-hybridized carbons (Fsp3) is 0.333. The van der Waals surface area contributed by atoms with Crippen LogP contribution in [0.25, 0.3) is 0 Å². The molecule has 0 saturated heterocycles. The quantitative estimate of drug-likeness (QED) is 0.535. The molecule has 178 valence electrons. The highest BCUT2D eigenvalue weighted by Crippen LogP contribution is 2.30. The Hall–Kier alpha value is -2.84. The predicted octanol–water partition coefficient (Wildman–Crippen LogP) is 4.10. The number of carbonyl (C=O) groups excluding carboxylic acids is 2. The summed E-state index contributed by atoms with van der Waals surface area (Å²) in [6.07, 6.45) is 1.46. The highest BCUT2D eigenvalue weighted by molar-refractivity contribution is 7.92. The van der Waals surface area contributed by atoms with Crippen molar-refractivity contribution < 1.29 is 18.0 Å². The molecule has 0 aromatic heterocycles. The van der Waals surface area contributed by atoms with Crippen LogP contribution >= 0.6 is 11.6 Å². The summed E-state index contributed by atoms with van der Waals surface area (Å²) in [7, 11) is -4.05. The van der Waals surface area contributed by atoms with Crippen molar-refractivity contribution in [3.63, 3.8) is 0 Å². The molecule has 0 aliphatic rings. The molecule has 7 nitrogen and oxygen atoms in total. The lowest BCUT2D eigenvalue weighted by Crippen LogP contribution is -2.47. The van der Waals surface area contributed by atoms with Gasteiger partial charge in [0, 0.05) is 17.6 Å². The summed E-state index contributed by atoms with van der Waals surface area (Å²) in [6.45, 7) is 11.1.